The van der Waals surface area contributed by atoms with Crippen molar-refractivity contribution < 1.29 is 14.3 Å². The van der Waals surface area contributed by atoms with E-state index in [4.69, 9.17) is 16.3 Å². The number of carbonyl (C=O) groups excluding carboxylic acids is 2. The first-order valence-corrected chi connectivity index (χ1v) is 7.81. The zero-order chi connectivity index (χ0) is 16.1. The maximum Gasteiger partial charge on any atom is 0.263 e. The Balaban J connectivity index is 1.88. The molecule has 0 unspecified atom stereocenters. The smallest absolute Gasteiger partial charge is 0.263 e. The van der Waals surface area contributed by atoms with Gasteiger partial charge in [-0.25, -0.2) is 0 Å². The molecule has 1 saturated heterocycles. The number of nitrogens with one attached hydrogen (secondary N) is 1. The summed E-state index contributed by atoms with van der Waals surface area (Å²) < 4.78 is 5.65. The van der Waals surface area contributed by atoms with E-state index in [2.05, 4.69) is 5.32 Å². The summed E-state index contributed by atoms with van der Waals surface area (Å²) in [6, 6.07) is 6.99. The van der Waals surface area contributed by atoms with Crippen LogP contribution < -0.4 is 10.1 Å². The van der Waals surface area contributed by atoms with E-state index in [1.807, 2.05) is 0 Å². The minimum atomic E-state index is -0.574. The number of halogens is 1. The quantitative estimate of drug-likeness (QED) is 0.922. The molecule has 0 aliphatic carbocycles. The molecule has 1 fully saturated rings. The number of nitrogens with zero attached hydrogens (tertiary/aromatic N) is 1. The van der Waals surface area contributed by atoms with Crippen molar-refractivity contribution in [2.24, 2.45) is 5.92 Å². The number of carbonyl (C=O) groups is 2. The highest BCUT2D eigenvalue weighted by atomic mass is 35.5. The van der Waals surface area contributed by atoms with Gasteiger partial charge >= 0.3 is 0 Å². The molecule has 5 nitrogen and oxygen atoms in total. The highest BCUT2D eigenvalue weighted by Gasteiger charge is 2.29. The third-order valence-electron chi connectivity index (χ3n) is 3.88. The molecule has 0 radical (unpaired) electrons. The molecule has 0 spiro atoms. The van der Waals surface area contributed by atoms with Gasteiger partial charge in [0.1, 0.15) is 5.75 Å². The lowest BCUT2D eigenvalue weighted by molar-refractivity contribution is -0.141. The highest BCUT2D eigenvalue weighted by molar-refractivity contribution is 6.30. The molecule has 120 valence electrons. The van der Waals surface area contributed by atoms with Gasteiger partial charge in [0.05, 0.1) is 0 Å². The van der Waals surface area contributed by atoms with Crippen LogP contribution in [-0.4, -0.2) is 43.0 Å². The second-order valence-corrected chi connectivity index (χ2v) is 5.87. The van der Waals surface area contributed by atoms with Crippen LogP contribution in [0.15, 0.2) is 24.3 Å². The number of piperidine rings is 1. The van der Waals surface area contributed by atoms with Crippen LogP contribution in [0.25, 0.3) is 0 Å². The molecule has 1 aromatic rings. The van der Waals surface area contributed by atoms with E-state index < -0.39 is 6.10 Å². The monoisotopic (exact) mass is 324 g/mol. The number of benzene rings is 1. The molecule has 1 atom stereocenters. The lowest BCUT2D eigenvalue weighted by atomic mass is 9.96. The predicted molar refractivity (Wildman–Crippen MR) is 84.9 cm³/mol. The summed E-state index contributed by atoms with van der Waals surface area (Å²) in [6.07, 6.45) is 0.806. The van der Waals surface area contributed by atoms with Gasteiger partial charge in [0.2, 0.25) is 5.91 Å². The fraction of sp³-hybridized carbons (Fsp3) is 0.500. The third kappa shape index (κ3) is 4.13. The van der Waals surface area contributed by atoms with Gasteiger partial charge in [-0.3, -0.25) is 9.59 Å². The van der Waals surface area contributed by atoms with Gasteiger partial charge in [0.15, 0.2) is 6.10 Å². The Morgan fingerprint density at radius 2 is 2.05 bits per heavy atom. The van der Waals surface area contributed by atoms with Gasteiger partial charge in [-0.1, -0.05) is 17.7 Å². The Labute approximate surface area is 135 Å². The van der Waals surface area contributed by atoms with Crippen molar-refractivity contribution in [3.05, 3.63) is 29.3 Å². The van der Waals surface area contributed by atoms with Crippen LogP contribution >= 0.6 is 11.6 Å². The SMILES string of the molecule is CNC(=O)C1CCN(C(=O)[C@H](C)Oc2cccc(Cl)c2)CC1. The van der Waals surface area contributed by atoms with Crippen molar-refractivity contribution in [2.75, 3.05) is 20.1 Å². The summed E-state index contributed by atoms with van der Waals surface area (Å²) >= 11 is 5.90. The van der Waals surface area contributed by atoms with E-state index in [-0.39, 0.29) is 17.7 Å². The van der Waals surface area contributed by atoms with Crippen molar-refractivity contribution in [1.29, 1.82) is 0 Å². The number of likely N-dealkylation sites (tertiary alicyclic amines) is 1. The first-order valence-electron chi connectivity index (χ1n) is 7.44. The summed E-state index contributed by atoms with van der Waals surface area (Å²) in [4.78, 5) is 25.8. The average Bonchev–Trinajstić information content (AvgIpc) is 2.53. The summed E-state index contributed by atoms with van der Waals surface area (Å²) in [5.41, 5.74) is 0. The molecule has 0 bridgehead atoms. The normalized spacial score (nSPS) is 17.0. The first-order chi connectivity index (χ1) is 10.5. The van der Waals surface area contributed by atoms with Gasteiger partial charge in [-0.05, 0) is 38.0 Å². The second kappa shape index (κ2) is 7.49. The zero-order valence-corrected chi connectivity index (χ0v) is 13.6. The van der Waals surface area contributed by atoms with Crippen LogP contribution in [0.2, 0.25) is 5.02 Å². The maximum atomic E-state index is 12.4. The highest BCUT2D eigenvalue weighted by Crippen LogP contribution is 2.21. The lowest BCUT2D eigenvalue weighted by Gasteiger charge is -2.32. The van der Waals surface area contributed by atoms with Crippen molar-refractivity contribution in [2.45, 2.75) is 25.9 Å². The first kappa shape index (κ1) is 16.6. The van der Waals surface area contributed by atoms with Crippen LogP contribution in [0.4, 0.5) is 0 Å². The molecule has 0 aromatic heterocycles. The van der Waals surface area contributed by atoms with Crippen LogP contribution in [0.5, 0.6) is 5.75 Å². The van der Waals surface area contributed by atoms with E-state index in [0.717, 1.165) is 0 Å². The molecule has 1 aromatic carbocycles. The molecule has 1 heterocycles. The molecule has 1 N–H and O–H groups in total. The Hall–Kier alpha value is -1.75. The molecule has 6 heteroatoms. The summed E-state index contributed by atoms with van der Waals surface area (Å²) in [5, 5.41) is 3.23. The van der Waals surface area contributed by atoms with Crippen molar-refractivity contribution in [1.82, 2.24) is 10.2 Å². The van der Waals surface area contributed by atoms with Crippen molar-refractivity contribution in [3.8, 4) is 5.75 Å². The Bertz CT molecular complexity index is 542. The van der Waals surface area contributed by atoms with Gasteiger partial charge in [0, 0.05) is 31.1 Å². The van der Waals surface area contributed by atoms with Crippen molar-refractivity contribution >= 4 is 23.4 Å². The zero-order valence-electron chi connectivity index (χ0n) is 12.8. The van der Waals surface area contributed by atoms with Crippen molar-refractivity contribution in [3.63, 3.8) is 0 Å². The largest absolute Gasteiger partial charge is 0.481 e. The minimum absolute atomic E-state index is 0.00166. The van der Waals surface area contributed by atoms with E-state index in [0.29, 0.717) is 36.7 Å². The Morgan fingerprint density at radius 1 is 1.36 bits per heavy atom. The number of ether oxygens (including phenoxy) is 1. The van der Waals surface area contributed by atoms with Gasteiger partial charge in [-0.2, -0.15) is 0 Å². The van der Waals surface area contributed by atoms with Gasteiger partial charge < -0.3 is 15.0 Å². The number of hydrogen-bond donors (Lipinski definition) is 1. The standard InChI is InChI=1S/C16H21ClN2O3/c1-11(22-14-5-3-4-13(17)10-14)16(21)19-8-6-12(7-9-19)15(20)18-2/h3-5,10-12H,6-9H2,1-2H3,(H,18,20)/t11-/m0/s1. The topological polar surface area (TPSA) is 58.6 Å². The molecular formula is C16H21ClN2O3. The summed E-state index contributed by atoms with van der Waals surface area (Å²) in [5.74, 6) is 0.567. The third-order valence-corrected chi connectivity index (χ3v) is 4.12. The van der Waals surface area contributed by atoms with E-state index in [1.54, 1.807) is 43.1 Å². The molecular weight excluding hydrogens is 304 g/mol. The molecule has 22 heavy (non-hydrogen) atoms. The van der Waals surface area contributed by atoms with E-state index in [9.17, 15) is 9.59 Å². The fourth-order valence-electron chi connectivity index (χ4n) is 2.62. The predicted octanol–water partition coefficient (Wildman–Crippen LogP) is 2.09. The number of amides is 2. The van der Waals surface area contributed by atoms with Crippen LogP contribution in [0.3, 0.4) is 0 Å². The average molecular weight is 325 g/mol. The van der Waals surface area contributed by atoms with E-state index in [1.165, 1.54) is 0 Å². The summed E-state index contributed by atoms with van der Waals surface area (Å²) in [6.45, 7) is 2.90. The lowest BCUT2D eigenvalue weighted by Crippen LogP contribution is -2.46. The number of hydrogen-bond acceptors (Lipinski definition) is 3. The Kier molecular flexibility index (Phi) is 5.66. The molecule has 1 aliphatic rings. The molecule has 2 amide bonds. The van der Waals surface area contributed by atoms with Crippen LogP contribution in [0, 0.1) is 5.92 Å². The Morgan fingerprint density at radius 3 is 2.64 bits per heavy atom. The second-order valence-electron chi connectivity index (χ2n) is 5.43. The molecule has 2 rings (SSSR count). The van der Waals surface area contributed by atoms with Gasteiger partial charge in [-0.15, -0.1) is 0 Å². The van der Waals surface area contributed by atoms with Gasteiger partial charge in [0.25, 0.3) is 5.91 Å². The summed E-state index contributed by atoms with van der Waals surface area (Å²) in [7, 11) is 1.64. The minimum Gasteiger partial charge on any atom is -0.481 e. The van der Waals surface area contributed by atoms with Crippen LogP contribution in [-0.2, 0) is 9.59 Å². The maximum absolute atomic E-state index is 12.4. The molecule has 1 aliphatic heterocycles. The molecule has 0 saturated carbocycles. The van der Waals surface area contributed by atoms with Crippen LogP contribution in [0.1, 0.15) is 19.8 Å². The number of rotatable bonds is 4. The van der Waals surface area contributed by atoms with E-state index >= 15 is 0 Å². The fourth-order valence-corrected chi connectivity index (χ4v) is 2.80.